The first kappa shape index (κ1) is 16.3. The molecule has 23 heavy (non-hydrogen) atoms. The number of fused-ring (bicyclic) bond motifs is 1. The number of benzene rings is 1. The highest BCUT2D eigenvalue weighted by Crippen LogP contribution is 2.31. The van der Waals surface area contributed by atoms with Gasteiger partial charge in [-0.15, -0.1) is 0 Å². The zero-order valence-corrected chi connectivity index (χ0v) is 14.2. The summed E-state index contributed by atoms with van der Waals surface area (Å²) in [6.07, 6.45) is 6.54. The number of carbonyl (C=O) groups excluding carboxylic acids is 1. The van der Waals surface area contributed by atoms with Gasteiger partial charge in [0, 0.05) is 26.2 Å². The van der Waals surface area contributed by atoms with Gasteiger partial charge in [0.25, 0.3) is 0 Å². The van der Waals surface area contributed by atoms with Gasteiger partial charge >= 0.3 is 6.03 Å². The fourth-order valence-corrected chi connectivity index (χ4v) is 4.13. The molecule has 2 atom stereocenters. The lowest BCUT2D eigenvalue weighted by Crippen LogP contribution is -2.52. The number of rotatable bonds is 4. The summed E-state index contributed by atoms with van der Waals surface area (Å²) >= 11 is 0. The van der Waals surface area contributed by atoms with Crippen molar-refractivity contribution in [1.29, 1.82) is 0 Å². The van der Waals surface area contributed by atoms with E-state index >= 15 is 0 Å². The molecular formula is C19H29N3O. The van der Waals surface area contributed by atoms with Gasteiger partial charge in [0.1, 0.15) is 0 Å². The summed E-state index contributed by atoms with van der Waals surface area (Å²) in [5.41, 5.74) is 1.14. The molecule has 126 valence electrons. The van der Waals surface area contributed by atoms with Crippen LogP contribution in [0.3, 0.4) is 0 Å². The van der Waals surface area contributed by atoms with E-state index in [4.69, 9.17) is 0 Å². The molecule has 0 radical (unpaired) electrons. The third-order valence-electron chi connectivity index (χ3n) is 5.37. The Bertz CT molecular complexity index is 503. The number of amides is 2. The molecule has 4 nitrogen and oxygen atoms in total. The summed E-state index contributed by atoms with van der Waals surface area (Å²) in [7, 11) is 1.93. The van der Waals surface area contributed by atoms with Crippen LogP contribution in [-0.4, -0.2) is 48.6 Å². The van der Waals surface area contributed by atoms with Gasteiger partial charge in [-0.3, -0.25) is 0 Å². The molecular weight excluding hydrogens is 286 g/mol. The van der Waals surface area contributed by atoms with Crippen molar-refractivity contribution in [3.05, 3.63) is 35.9 Å². The Morgan fingerprint density at radius 1 is 1.17 bits per heavy atom. The summed E-state index contributed by atoms with van der Waals surface area (Å²) in [6.45, 7) is 3.99. The molecule has 2 unspecified atom stereocenters. The third-order valence-corrected chi connectivity index (χ3v) is 5.37. The van der Waals surface area contributed by atoms with E-state index in [0.717, 1.165) is 12.1 Å². The van der Waals surface area contributed by atoms with E-state index in [2.05, 4.69) is 10.2 Å². The van der Waals surface area contributed by atoms with Crippen LogP contribution in [0.25, 0.3) is 0 Å². The molecule has 3 rings (SSSR count). The van der Waals surface area contributed by atoms with E-state index in [9.17, 15) is 4.79 Å². The second kappa shape index (κ2) is 7.82. The average Bonchev–Trinajstić information content (AvgIpc) is 2.61. The predicted molar refractivity (Wildman–Crippen MR) is 93.2 cm³/mol. The second-order valence-corrected chi connectivity index (χ2v) is 7.03. The van der Waals surface area contributed by atoms with Gasteiger partial charge in [-0.05, 0) is 50.3 Å². The lowest BCUT2D eigenvalue weighted by molar-refractivity contribution is 0.0487. The van der Waals surface area contributed by atoms with Gasteiger partial charge in [-0.1, -0.05) is 36.8 Å². The van der Waals surface area contributed by atoms with Gasteiger partial charge in [0.2, 0.25) is 0 Å². The van der Waals surface area contributed by atoms with Crippen LogP contribution in [0.4, 0.5) is 4.79 Å². The fourth-order valence-electron chi connectivity index (χ4n) is 4.13. The molecule has 0 bridgehead atoms. The van der Waals surface area contributed by atoms with E-state index in [1.807, 2.05) is 42.3 Å². The van der Waals surface area contributed by atoms with Gasteiger partial charge in [0.05, 0.1) is 0 Å². The number of nitrogens with zero attached hydrogens (tertiary/aromatic N) is 2. The van der Waals surface area contributed by atoms with Crippen molar-refractivity contribution in [3.8, 4) is 0 Å². The molecule has 0 spiro atoms. The third kappa shape index (κ3) is 4.25. The van der Waals surface area contributed by atoms with E-state index in [0.29, 0.717) is 18.5 Å². The molecule has 1 aromatic carbocycles. The first-order valence-corrected chi connectivity index (χ1v) is 9.01. The summed E-state index contributed by atoms with van der Waals surface area (Å²) in [5, 5.41) is 3.03. The van der Waals surface area contributed by atoms with Crippen molar-refractivity contribution in [2.24, 2.45) is 5.92 Å². The number of urea groups is 1. The first-order chi connectivity index (χ1) is 11.2. The largest absolute Gasteiger partial charge is 0.334 e. The maximum atomic E-state index is 12.4. The standard InChI is InChI=1S/C19H29N3O/c1-21(19(23)20-14-16-8-3-2-4-9-16)15-17-10-7-13-22-12-6-5-11-18(17)22/h2-4,8-9,17-18H,5-7,10-15H2,1H3,(H,20,23). The normalized spacial score (nSPS) is 24.7. The van der Waals surface area contributed by atoms with E-state index in [-0.39, 0.29) is 6.03 Å². The van der Waals surface area contributed by atoms with Crippen molar-refractivity contribution in [2.75, 3.05) is 26.7 Å². The summed E-state index contributed by atoms with van der Waals surface area (Å²) in [5.74, 6) is 0.636. The maximum Gasteiger partial charge on any atom is 0.317 e. The molecule has 1 aromatic rings. The quantitative estimate of drug-likeness (QED) is 0.927. The molecule has 0 aliphatic carbocycles. The van der Waals surface area contributed by atoms with Crippen LogP contribution < -0.4 is 5.32 Å². The molecule has 2 saturated heterocycles. The maximum absolute atomic E-state index is 12.4. The number of hydrogen-bond donors (Lipinski definition) is 1. The first-order valence-electron chi connectivity index (χ1n) is 9.01. The molecule has 0 saturated carbocycles. The zero-order valence-electron chi connectivity index (χ0n) is 14.2. The molecule has 4 heteroatoms. The highest BCUT2D eigenvalue weighted by molar-refractivity contribution is 5.73. The lowest BCUT2D eigenvalue weighted by Gasteiger charge is -2.45. The van der Waals surface area contributed by atoms with Gasteiger partial charge < -0.3 is 15.1 Å². The number of nitrogens with one attached hydrogen (secondary N) is 1. The molecule has 2 fully saturated rings. The van der Waals surface area contributed by atoms with Gasteiger partial charge in [0.15, 0.2) is 0 Å². The van der Waals surface area contributed by atoms with Crippen LogP contribution in [0.2, 0.25) is 0 Å². The Morgan fingerprint density at radius 2 is 1.96 bits per heavy atom. The minimum Gasteiger partial charge on any atom is -0.334 e. The number of hydrogen-bond acceptors (Lipinski definition) is 2. The second-order valence-electron chi connectivity index (χ2n) is 7.03. The highest BCUT2D eigenvalue weighted by atomic mass is 16.2. The Kier molecular flexibility index (Phi) is 5.55. The van der Waals surface area contributed by atoms with E-state index in [1.54, 1.807) is 0 Å². The van der Waals surface area contributed by atoms with Crippen molar-refractivity contribution < 1.29 is 4.79 Å². The fraction of sp³-hybridized carbons (Fsp3) is 0.632. The van der Waals surface area contributed by atoms with Crippen molar-refractivity contribution in [1.82, 2.24) is 15.1 Å². The monoisotopic (exact) mass is 315 g/mol. The van der Waals surface area contributed by atoms with E-state index < -0.39 is 0 Å². The van der Waals surface area contributed by atoms with Gasteiger partial charge in [-0.25, -0.2) is 4.79 Å². The summed E-state index contributed by atoms with van der Waals surface area (Å²) in [4.78, 5) is 16.9. The Hall–Kier alpha value is -1.55. The topological polar surface area (TPSA) is 35.6 Å². The summed E-state index contributed by atoms with van der Waals surface area (Å²) < 4.78 is 0. The van der Waals surface area contributed by atoms with Crippen molar-refractivity contribution in [3.63, 3.8) is 0 Å². The van der Waals surface area contributed by atoms with Crippen LogP contribution in [0.1, 0.15) is 37.7 Å². The minimum atomic E-state index is 0.0433. The van der Waals surface area contributed by atoms with Gasteiger partial charge in [-0.2, -0.15) is 0 Å². The molecule has 0 aromatic heterocycles. The Morgan fingerprint density at radius 3 is 2.78 bits per heavy atom. The Balaban J connectivity index is 1.49. The zero-order chi connectivity index (χ0) is 16.1. The summed E-state index contributed by atoms with van der Waals surface area (Å²) in [6, 6.07) is 10.8. The van der Waals surface area contributed by atoms with Crippen LogP contribution in [0.5, 0.6) is 0 Å². The molecule has 2 aliphatic rings. The predicted octanol–water partition coefficient (Wildman–Crippen LogP) is 3.09. The molecule has 2 amide bonds. The van der Waals surface area contributed by atoms with E-state index in [1.165, 1.54) is 45.2 Å². The molecule has 1 N–H and O–H groups in total. The smallest absolute Gasteiger partial charge is 0.317 e. The lowest BCUT2D eigenvalue weighted by atomic mass is 9.83. The van der Waals surface area contributed by atoms with Crippen LogP contribution in [-0.2, 0) is 6.54 Å². The van der Waals surface area contributed by atoms with Crippen LogP contribution >= 0.6 is 0 Å². The van der Waals surface area contributed by atoms with Crippen molar-refractivity contribution in [2.45, 2.75) is 44.7 Å². The van der Waals surface area contributed by atoms with Crippen LogP contribution in [0.15, 0.2) is 30.3 Å². The van der Waals surface area contributed by atoms with Crippen molar-refractivity contribution >= 4 is 6.03 Å². The minimum absolute atomic E-state index is 0.0433. The number of carbonyl (C=O) groups is 1. The average molecular weight is 315 g/mol. The molecule has 2 heterocycles. The Labute approximate surface area is 139 Å². The van der Waals surface area contributed by atoms with Crippen LogP contribution in [0, 0.1) is 5.92 Å². The SMILES string of the molecule is CN(CC1CCCN2CCCCC12)C(=O)NCc1ccccc1. The highest BCUT2D eigenvalue weighted by Gasteiger charge is 2.33. The number of piperidine rings is 2. The molecule has 2 aliphatic heterocycles.